The van der Waals surface area contributed by atoms with Crippen LogP contribution in [0.25, 0.3) is 0 Å². The van der Waals surface area contributed by atoms with Crippen LogP contribution in [0.3, 0.4) is 0 Å². The molecule has 0 saturated carbocycles. The molecule has 1 aromatic carbocycles. The van der Waals surface area contributed by atoms with Gasteiger partial charge in [-0.3, -0.25) is 4.79 Å². The first kappa shape index (κ1) is 18.0. The second kappa shape index (κ2) is 7.93. The van der Waals surface area contributed by atoms with Crippen LogP contribution < -0.4 is 10.6 Å². The van der Waals surface area contributed by atoms with Crippen LogP contribution in [0.5, 0.6) is 0 Å². The number of rotatable bonds is 6. The van der Waals surface area contributed by atoms with Gasteiger partial charge in [0.1, 0.15) is 0 Å². The van der Waals surface area contributed by atoms with Crippen LogP contribution in [0.4, 0.5) is 0 Å². The van der Waals surface area contributed by atoms with Crippen molar-refractivity contribution < 1.29 is 9.53 Å². The second-order valence-corrected chi connectivity index (χ2v) is 7.63. The first-order valence-electron chi connectivity index (χ1n) is 8.52. The van der Waals surface area contributed by atoms with E-state index in [0.29, 0.717) is 25.2 Å². The van der Waals surface area contributed by atoms with Crippen molar-refractivity contribution in [3.05, 3.63) is 34.9 Å². The standard InChI is InChI=1S/C19H30N2O2/c1-14(22)20-8-5-9-21-18-13-23-12-16-7-6-15(10-17(16)18)11-19(2,3)4/h6-7,10,18,21H,5,8-9,11-13H2,1-4H3,(H,20,22). The van der Waals surface area contributed by atoms with Gasteiger partial charge in [-0.1, -0.05) is 39.0 Å². The number of nitrogens with one attached hydrogen (secondary N) is 2. The van der Waals surface area contributed by atoms with Crippen LogP contribution >= 0.6 is 0 Å². The zero-order chi connectivity index (χ0) is 16.9. The molecule has 0 radical (unpaired) electrons. The molecule has 1 aliphatic rings. The Morgan fingerprint density at radius 1 is 1.30 bits per heavy atom. The van der Waals surface area contributed by atoms with Crippen molar-refractivity contribution in [2.45, 2.75) is 53.2 Å². The van der Waals surface area contributed by atoms with Crippen molar-refractivity contribution in [1.29, 1.82) is 0 Å². The van der Waals surface area contributed by atoms with Crippen LogP contribution in [-0.4, -0.2) is 25.6 Å². The van der Waals surface area contributed by atoms with E-state index in [2.05, 4.69) is 49.6 Å². The molecule has 1 heterocycles. The fraction of sp³-hybridized carbons (Fsp3) is 0.632. The van der Waals surface area contributed by atoms with Crippen molar-refractivity contribution in [3.8, 4) is 0 Å². The third-order valence-corrected chi connectivity index (χ3v) is 3.98. The van der Waals surface area contributed by atoms with Gasteiger partial charge in [0.25, 0.3) is 0 Å². The van der Waals surface area contributed by atoms with E-state index >= 15 is 0 Å². The summed E-state index contributed by atoms with van der Waals surface area (Å²) in [5, 5.41) is 6.39. The molecule has 1 aromatic rings. The summed E-state index contributed by atoms with van der Waals surface area (Å²) in [5.74, 6) is 0.0307. The molecule has 4 nitrogen and oxygen atoms in total. The van der Waals surface area contributed by atoms with E-state index in [0.717, 1.165) is 19.4 Å². The Labute approximate surface area is 140 Å². The smallest absolute Gasteiger partial charge is 0.216 e. The summed E-state index contributed by atoms with van der Waals surface area (Å²) in [6.45, 7) is 11.4. The van der Waals surface area contributed by atoms with Gasteiger partial charge in [-0.2, -0.15) is 0 Å². The minimum absolute atomic E-state index is 0.0307. The molecule has 2 N–H and O–H groups in total. The molecule has 0 aliphatic carbocycles. The number of hydrogen-bond donors (Lipinski definition) is 2. The number of carbonyl (C=O) groups is 1. The Bertz CT molecular complexity index is 535. The van der Waals surface area contributed by atoms with Crippen molar-refractivity contribution in [1.82, 2.24) is 10.6 Å². The molecule has 1 amide bonds. The first-order chi connectivity index (χ1) is 10.8. The summed E-state index contributed by atoms with van der Waals surface area (Å²) in [6.07, 6.45) is 2.00. The SMILES string of the molecule is CC(=O)NCCCNC1COCc2ccc(CC(C)(C)C)cc21. The molecular formula is C19H30N2O2. The van der Waals surface area contributed by atoms with Crippen molar-refractivity contribution >= 4 is 5.91 Å². The van der Waals surface area contributed by atoms with E-state index in [9.17, 15) is 4.79 Å². The maximum atomic E-state index is 10.9. The Morgan fingerprint density at radius 3 is 2.78 bits per heavy atom. The van der Waals surface area contributed by atoms with Gasteiger partial charge in [-0.15, -0.1) is 0 Å². The Hall–Kier alpha value is -1.39. The molecule has 0 spiro atoms. The topological polar surface area (TPSA) is 50.4 Å². The fourth-order valence-corrected chi connectivity index (χ4v) is 3.00. The van der Waals surface area contributed by atoms with Gasteiger partial charge in [-0.05, 0) is 41.5 Å². The lowest BCUT2D eigenvalue weighted by atomic mass is 9.86. The average molecular weight is 318 g/mol. The number of ether oxygens (including phenoxy) is 1. The summed E-state index contributed by atoms with van der Waals surface area (Å²) in [5.41, 5.74) is 4.34. The molecule has 1 unspecified atom stereocenters. The highest BCUT2D eigenvalue weighted by Gasteiger charge is 2.21. The third-order valence-electron chi connectivity index (χ3n) is 3.98. The Morgan fingerprint density at radius 2 is 2.09 bits per heavy atom. The quantitative estimate of drug-likeness (QED) is 0.793. The van der Waals surface area contributed by atoms with Crippen LogP contribution in [-0.2, 0) is 22.6 Å². The zero-order valence-electron chi connectivity index (χ0n) is 14.9. The largest absolute Gasteiger partial charge is 0.375 e. The van der Waals surface area contributed by atoms with Gasteiger partial charge in [0, 0.05) is 13.5 Å². The molecule has 1 atom stereocenters. The monoisotopic (exact) mass is 318 g/mol. The molecule has 4 heteroatoms. The van der Waals surface area contributed by atoms with Crippen LogP contribution in [0.15, 0.2) is 18.2 Å². The van der Waals surface area contributed by atoms with E-state index < -0.39 is 0 Å². The first-order valence-corrected chi connectivity index (χ1v) is 8.52. The van der Waals surface area contributed by atoms with E-state index in [-0.39, 0.29) is 11.9 Å². The highest BCUT2D eigenvalue weighted by Crippen LogP contribution is 2.28. The van der Waals surface area contributed by atoms with Gasteiger partial charge in [-0.25, -0.2) is 0 Å². The number of hydrogen-bond acceptors (Lipinski definition) is 3. The molecule has 2 rings (SSSR count). The fourth-order valence-electron chi connectivity index (χ4n) is 3.00. The summed E-state index contributed by atoms with van der Waals surface area (Å²) in [7, 11) is 0. The third kappa shape index (κ3) is 5.96. The van der Waals surface area contributed by atoms with Crippen LogP contribution in [0.2, 0.25) is 0 Å². The second-order valence-electron chi connectivity index (χ2n) is 7.63. The van der Waals surface area contributed by atoms with E-state index in [1.807, 2.05) is 0 Å². The van der Waals surface area contributed by atoms with Gasteiger partial charge >= 0.3 is 0 Å². The lowest BCUT2D eigenvalue weighted by molar-refractivity contribution is -0.118. The van der Waals surface area contributed by atoms with Crippen molar-refractivity contribution in [2.24, 2.45) is 5.41 Å². The predicted octanol–water partition coefficient (Wildman–Crippen LogP) is 2.96. The molecular weight excluding hydrogens is 288 g/mol. The number of carbonyl (C=O) groups excluding carboxylic acids is 1. The summed E-state index contributed by atoms with van der Waals surface area (Å²) in [6, 6.07) is 7.03. The lowest BCUT2D eigenvalue weighted by Crippen LogP contribution is -2.32. The number of fused-ring (bicyclic) bond motifs is 1. The highest BCUT2D eigenvalue weighted by molar-refractivity contribution is 5.72. The van der Waals surface area contributed by atoms with Gasteiger partial charge in [0.15, 0.2) is 0 Å². The van der Waals surface area contributed by atoms with E-state index in [1.165, 1.54) is 16.7 Å². The van der Waals surface area contributed by atoms with Gasteiger partial charge < -0.3 is 15.4 Å². The minimum atomic E-state index is 0.0307. The molecule has 128 valence electrons. The minimum Gasteiger partial charge on any atom is -0.375 e. The van der Waals surface area contributed by atoms with E-state index in [1.54, 1.807) is 6.92 Å². The predicted molar refractivity (Wildman–Crippen MR) is 93.3 cm³/mol. The van der Waals surface area contributed by atoms with E-state index in [4.69, 9.17) is 4.74 Å². The summed E-state index contributed by atoms with van der Waals surface area (Å²) < 4.78 is 5.71. The van der Waals surface area contributed by atoms with Crippen LogP contribution in [0.1, 0.15) is 56.8 Å². The molecule has 0 fully saturated rings. The van der Waals surface area contributed by atoms with Crippen molar-refractivity contribution in [3.63, 3.8) is 0 Å². The Kier molecular flexibility index (Phi) is 6.19. The van der Waals surface area contributed by atoms with Gasteiger partial charge in [0.2, 0.25) is 5.91 Å². The highest BCUT2D eigenvalue weighted by atomic mass is 16.5. The van der Waals surface area contributed by atoms with Crippen molar-refractivity contribution in [2.75, 3.05) is 19.7 Å². The Balaban J connectivity index is 1.96. The maximum Gasteiger partial charge on any atom is 0.216 e. The van der Waals surface area contributed by atoms with Gasteiger partial charge in [0.05, 0.1) is 19.3 Å². The van der Waals surface area contributed by atoms with Crippen LogP contribution in [0, 0.1) is 5.41 Å². The number of benzene rings is 1. The molecule has 0 saturated heterocycles. The molecule has 0 aromatic heterocycles. The maximum absolute atomic E-state index is 10.9. The zero-order valence-corrected chi connectivity index (χ0v) is 14.9. The average Bonchev–Trinajstić information content (AvgIpc) is 2.45. The summed E-state index contributed by atoms with van der Waals surface area (Å²) in [4.78, 5) is 10.9. The summed E-state index contributed by atoms with van der Waals surface area (Å²) >= 11 is 0. The number of amides is 1. The normalized spacial score (nSPS) is 17.7. The lowest BCUT2D eigenvalue weighted by Gasteiger charge is -2.28. The molecule has 0 bridgehead atoms. The molecule has 23 heavy (non-hydrogen) atoms. The molecule has 1 aliphatic heterocycles.